The SMILES string of the molecule is Cc1cnc(-n2nccn2)c(C(=O)N2C3C[C@H](C[C@H]3Oc3ccc(C(F)(F)F)cn3)[C@H]2C)c1. The minimum Gasteiger partial charge on any atom is -0.472 e. The van der Waals surface area contributed by atoms with E-state index in [2.05, 4.69) is 20.2 Å². The van der Waals surface area contributed by atoms with E-state index in [1.807, 2.05) is 13.8 Å². The first-order chi connectivity index (χ1) is 15.7. The molecule has 1 unspecified atom stereocenters. The van der Waals surface area contributed by atoms with Gasteiger partial charge in [0.05, 0.1) is 29.6 Å². The molecular weight excluding hydrogens is 437 g/mol. The van der Waals surface area contributed by atoms with Gasteiger partial charge in [0.2, 0.25) is 5.88 Å². The monoisotopic (exact) mass is 458 g/mol. The van der Waals surface area contributed by atoms with Crippen LogP contribution in [0.15, 0.2) is 43.0 Å². The summed E-state index contributed by atoms with van der Waals surface area (Å²) in [5, 5.41) is 8.21. The van der Waals surface area contributed by atoms with Crippen molar-refractivity contribution in [3.8, 4) is 11.7 Å². The van der Waals surface area contributed by atoms with Crippen LogP contribution in [-0.2, 0) is 6.18 Å². The molecule has 4 atom stereocenters. The number of amides is 1. The molecule has 8 nitrogen and oxygen atoms in total. The molecule has 0 aromatic carbocycles. The van der Waals surface area contributed by atoms with Gasteiger partial charge in [-0.25, -0.2) is 9.97 Å². The number of halogens is 3. The Bertz CT molecular complexity index is 1170. The van der Waals surface area contributed by atoms with E-state index in [4.69, 9.17) is 4.74 Å². The van der Waals surface area contributed by atoms with Crippen LogP contribution in [0.5, 0.6) is 5.88 Å². The normalized spacial score (nSPS) is 24.3. The molecule has 0 spiro atoms. The van der Waals surface area contributed by atoms with Crippen LogP contribution in [0.4, 0.5) is 13.2 Å². The van der Waals surface area contributed by atoms with Crippen molar-refractivity contribution in [2.24, 2.45) is 5.92 Å². The molecule has 11 heteroatoms. The summed E-state index contributed by atoms with van der Waals surface area (Å²) in [4.78, 5) is 25.0. The molecular formula is C22H21F3N6O2. The molecule has 1 aliphatic heterocycles. The number of ether oxygens (including phenoxy) is 1. The van der Waals surface area contributed by atoms with Gasteiger partial charge in [-0.3, -0.25) is 4.79 Å². The largest absolute Gasteiger partial charge is 0.472 e. The van der Waals surface area contributed by atoms with Gasteiger partial charge >= 0.3 is 6.18 Å². The maximum Gasteiger partial charge on any atom is 0.417 e. The van der Waals surface area contributed by atoms with Crippen molar-refractivity contribution in [2.75, 3.05) is 0 Å². The summed E-state index contributed by atoms with van der Waals surface area (Å²) in [7, 11) is 0. The number of rotatable bonds is 4. The summed E-state index contributed by atoms with van der Waals surface area (Å²) in [6.07, 6.45) is 2.08. The van der Waals surface area contributed by atoms with Crippen molar-refractivity contribution in [2.45, 2.75) is 51.1 Å². The van der Waals surface area contributed by atoms with E-state index in [0.29, 0.717) is 17.8 Å². The zero-order chi connectivity index (χ0) is 23.3. The number of alkyl halides is 3. The quantitative estimate of drug-likeness (QED) is 0.595. The fourth-order valence-corrected chi connectivity index (χ4v) is 4.81. The number of piperidine rings is 1. The van der Waals surface area contributed by atoms with Crippen molar-refractivity contribution in [3.05, 3.63) is 59.7 Å². The van der Waals surface area contributed by atoms with Gasteiger partial charge < -0.3 is 9.64 Å². The average molecular weight is 458 g/mol. The molecule has 3 aromatic rings. The van der Waals surface area contributed by atoms with Crippen LogP contribution < -0.4 is 4.74 Å². The molecule has 172 valence electrons. The number of aryl methyl sites for hydroxylation is 1. The minimum atomic E-state index is -4.46. The Hall–Kier alpha value is -3.50. The summed E-state index contributed by atoms with van der Waals surface area (Å²) >= 11 is 0. The van der Waals surface area contributed by atoms with Crippen LogP contribution in [-0.4, -0.2) is 54.0 Å². The predicted molar refractivity (Wildman–Crippen MR) is 110 cm³/mol. The number of likely N-dealkylation sites (tertiary alicyclic amines) is 1. The van der Waals surface area contributed by atoms with E-state index in [1.165, 1.54) is 23.3 Å². The lowest BCUT2D eigenvalue weighted by atomic mass is 9.98. The number of carbonyl (C=O) groups excluding carboxylic acids is 1. The third-order valence-corrected chi connectivity index (χ3v) is 6.40. The molecule has 4 heterocycles. The van der Waals surface area contributed by atoms with Gasteiger partial charge in [0, 0.05) is 24.5 Å². The molecule has 2 fully saturated rings. The molecule has 1 amide bonds. The Kier molecular flexibility index (Phi) is 5.06. The summed E-state index contributed by atoms with van der Waals surface area (Å²) < 4.78 is 44.4. The lowest BCUT2D eigenvalue weighted by Crippen LogP contribution is -2.51. The van der Waals surface area contributed by atoms with Crippen LogP contribution in [0, 0.1) is 12.8 Å². The first-order valence-corrected chi connectivity index (χ1v) is 10.6. The Morgan fingerprint density at radius 2 is 1.88 bits per heavy atom. The molecule has 1 aliphatic carbocycles. The zero-order valence-corrected chi connectivity index (χ0v) is 17.9. The van der Waals surface area contributed by atoms with Crippen LogP contribution in [0.2, 0.25) is 0 Å². The number of aromatic nitrogens is 5. The lowest BCUT2D eigenvalue weighted by molar-refractivity contribution is -0.137. The third-order valence-electron chi connectivity index (χ3n) is 6.40. The molecule has 1 saturated carbocycles. The van der Waals surface area contributed by atoms with Gasteiger partial charge in [0.15, 0.2) is 5.82 Å². The summed E-state index contributed by atoms with van der Waals surface area (Å²) in [5.74, 6) is 0.473. The zero-order valence-electron chi connectivity index (χ0n) is 17.9. The molecule has 0 N–H and O–H groups in total. The van der Waals surface area contributed by atoms with Crippen molar-refractivity contribution in [1.82, 2.24) is 29.9 Å². The van der Waals surface area contributed by atoms with Gasteiger partial charge in [-0.1, -0.05) is 0 Å². The highest BCUT2D eigenvalue weighted by Gasteiger charge is 2.53. The second kappa shape index (κ2) is 7.82. The molecule has 33 heavy (non-hydrogen) atoms. The van der Waals surface area contributed by atoms with E-state index in [1.54, 1.807) is 17.2 Å². The molecule has 2 aliphatic rings. The van der Waals surface area contributed by atoms with Crippen molar-refractivity contribution < 1.29 is 22.7 Å². The third kappa shape index (κ3) is 3.81. The van der Waals surface area contributed by atoms with Crippen LogP contribution in [0.1, 0.15) is 41.3 Å². The van der Waals surface area contributed by atoms with Gasteiger partial charge in [-0.05, 0) is 50.3 Å². The first-order valence-electron chi connectivity index (χ1n) is 10.6. The van der Waals surface area contributed by atoms with E-state index in [0.717, 1.165) is 24.2 Å². The summed E-state index contributed by atoms with van der Waals surface area (Å²) in [5.41, 5.74) is 0.380. The first kappa shape index (κ1) is 21.4. The molecule has 0 radical (unpaired) electrons. The number of hydrogen-bond acceptors (Lipinski definition) is 6. The maximum atomic E-state index is 13.7. The Balaban J connectivity index is 1.40. The van der Waals surface area contributed by atoms with Crippen LogP contribution in [0.25, 0.3) is 5.82 Å². The molecule has 5 rings (SSSR count). The number of fused-ring (bicyclic) bond motifs is 2. The van der Waals surface area contributed by atoms with E-state index >= 15 is 0 Å². The van der Waals surface area contributed by atoms with Crippen LogP contribution >= 0.6 is 0 Å². The van der Waals surface area contributed by atoms with E-state index in [9.17, 15) is 18.0 Å². The number of nitrogens with zero attached hydrogens (tertiary/aromatic N) is 6. The topological polar surface area (TPSA) is 86.0 Å². The van der Waals surface area contributed by atoms with E-state index < -0.39 is 11.7 Å². The smallest absolute Gasteiger partial charge is 0.417 e. The van der Waals surface area contributed by atoms with Gasteiger partial charge in [0.1, 0.15) is 6.10 Å². The fraction of sp³-hybridized carbons (Fsp3) is 0.409. The Morgan fingerprint density at radius 3 is 2.52 bits per heavy atom. The predicted octanol–water partition coefficient (Wildman–Crippen LogP) is 3.46. The summed E-state index contributed by atoms with van der Waals surface area (Å²) in [6.45, 7) is 3.86. The standard InChI is InChI=1S/C22H21F3N6O2/c1-12-7-16(20(27-10-12)31-28-5-6-29-31)21(32)30-13(2)14-8-17(30)18(9-14)33-19-4-3-15(11-26-19)22(23,24)25/h3-7,10-11,13-14,17-18H,8-9H2,1-2H3/t13-,14-,17?,18-/m1/s1. The summed E-state index contributed by atoms with van der Waals surface area (Å²) in [6, 6.07) is 3.70. The van der Waals surface area contributed by atoms with Gasteiger partial charge in [0.25, 0.3) is 5.91 Å². The highest BCUT2D eigenvalue weighted by atomic mass is 19.4. The van der Waals surface area contributed by atoms with Gasteiger partial charge in [-0.15, -0.1) is 4.80 Å². The van der Waals surface area contributed by atoms with Crippen molar-refractivity contribution >= 4 is 5.91 Å². The van der Waals surface area contributed by atoms with Gasteiger partial charge in [-0.2, -0.15) is 23.4 Å². The molecule has 3 aromatic heterocycles. The Morgan fingerprint density at radius 1 is 1.12 bits per heavy atom. The second-order valence-corrected chi connectivity index (χ2v) is 8.49. The lowest BCUT2D eigenvalue weighted by Gasteiger charge is -2.37. The van der Waals surface area contributed by atoms with E-state index in [-0.39, 0.29) is 35.9 Å². The number of carbonyl (C=O) groups is 1. The van der Waals surface area contributed by atoms with Crippen LogP contribution in [0.3, 0.4) is 0 Å². The Labute approximate surface area is 187 Å². The average Bonchev–Trinajstić information content (AvgIpc) is 3.50. The fourth-order valence-electron chi connectivity index (χ4n) is 4.81. The maximum absolute atomic E-state index is 13.7. The highest BCUT2D eigenvalue weighted by molar-refractivity contribution is 5.98. The number of hydrogen-bond donors (Lipinski definition) is 0. The molecule has 2 bridgehead atoms. The second-order valence-electron chi connectivity index (χ2n) is 8.49. The highest BCUT2D eigenvalue weighted by Crippen LogP contribution is 2.44. The number of pyridine rings is 2. The molecule has 1 saturated heterocycles. The van der Waals surface area contributed by atoms with Crippen molar-refractivity contribution in [3.63, 3.8) is 0 Å². The minimum absolute atomic E-state index is 0.0122. The van der Waals surface area contributed by atoms with Crippen molar-refractivity contribution in [1.29, 1.82) is 0 Å².